The first kappa shape index (κ1) is 13.5. The molecule has 1 N–H and O–H groups in total. The van der Waals surface area contributed by atoms with Gasteiger partial charge in [-0.1, -0.05) is 17.7 Å². The molecule has 0 saturated heterocycles. The molecule has 1 aromatic carbocycles. The fourth-order valence-electron chi connectivity index (χ4n) is 1.55. The first-order chi connectivity index (χ1) is 9.06. The molecule has 0 atom stereocenters. The van der Waals surface area contributed by atoms with Crippen molar-refractivity contribution in [3.63, 3.8) is 0 Å². The molecule has 0 radical (unpaired) electrons. The monoisotopic (exact) mass is 278 g/mol. The van der Waals surface area contributed by atoms with E-state index in [1.807, 2.05) is 19.1 Å². The number of amides is 1. The fraction of sp³-hybridized carbons (Fsp3) is 0.143. The predicted octanol–water partition coefficient (Wildman–Crippen LogP) is 3.11. The van der Waals surface area contributed by atoms with Gasteiger partial charge in [-0.3, -0.25) is 9.78 Å². The van der Waals surface area contributed by atoms with E-state index in [2.05, 4.69) is 10.3 Å². The second-order valence-electron chi connectivity index (χ2n) is 4.11. The lowest BCUT2D eigenvalue weighted by molar-refractivity contribution is 0.0947. The second-order valence-corrected chi connectivity index (χ2v) is 4.55. The van der Waals surface area contributed by atoms with Crippen molar-refractivity contribution in [3.8, 4) is 0 Å². The Balaban J connectivity index is 2.03. The molecule has 1 aromatic heterocycles. The number of hydrogen-bond acceptors (Lipinski definition) is 2. The molecule has 2 rings (SSSR count). The molecule has 0 aliphatic carbocycles. The van der Waals surface area contributed by atoms with Gasteiger partial charge in [0.1, 0.15) is 5.82 Å². The van der Waals surface area contributed by atoms with E-state index in [0.29, 0.717) is 6.54 Å². The zero-order valence-corrected chi connectivity index (χ0v) is 11.0. The van der Waals surface area contributed by atoms with Crippen LogP contribution in [0.5, 0.6) is 0 Å². The van der Waals surface area contributed by atoms with Gasteiger partial charge in [0.05, 0.1) is 5.56 Å². The van der Waals surface area contributed by atoms with Gasteiger partial charge in [0.25, 0.3) is 5.91 Å². The molecule has 0 aliphatic rings. The van der Waals surface area contributed by atoms with Crippen molar-refractivity contribution in [1.29, 1.82) is 0 Å². The van der Waals surface area contributed by atoms with Crippen LogP contribution in [0.15, 0.2) is 36.5 Å². The van der Waals surface area contributed by atoms with Gasteiger partial charge in [-0.2, -0.15) is 0 Å². The van der Waals surface area contributed by atoms with Crippen LogP contribution in [0.1, 0.15) is 21.6 Å². The van der Waals surface area contributed by atoms with Crippen LogP contribution >= 0.6 is 11.6 Å². The minimum atomic E-state index is -0.632. The van der Waals surface area contributed by atoms with E-state index in [1.165, 1.54) is 12.1 Å². The fourth-order valence-corrected chi connectivity index (χ4v) is 1.71. The summed E-state index contributed by atoms with van der Waals surface area (Å²) in [4.78, 5) is 15.9. The van der Waals surface area contributed by atoms with Gasteiger partial charge in [-0.25, -0.2) is 4.39 Å². The standard InChI is InChI=1S/C14H12ClFN2O/c1-9-2-3-10(7-17-9)8-18-14(19)12-5-4-11(15)6-13(12)16/h2-7H,8H2,1H3,(H,18,19). The minimum absolute atomic E-state index is 0.0236. The van der Waals surface area contributed by atoms with Crippen LogP contribution in [0.25, 0.3) is 0 Å². The average Bonchev–Trinajstić information content (AvgIpc) is 2.37. The van der Waals surface area contributed by atoms with Gasteiger partial charge in [-0.05, 0) is 36.8 Å². The van der Waals surface area contributed by atoms with Crippen molar-refractivity contribution in [2.75, 3.05) is 0 Å². The molecule has 2 aromatic rings. The Labute approximate surface area is 115 Å². The zero-order chi connectivity index (χ0) is 13.8. The van der Waals surface area contributed by atoms with Crippen LogP contribution in [0, 0.1) is 12.7 Å². The highest BCUT2D eigenvalue weighted by Crippen LogP contribution is 2.14. The smallest absolute Gasteiger partial charge is 0.254 e. The molecule has 3 nitrogen and oxygen atoms in total. The number of nitrogens with zero attached hydrogens (tertiary/aromatic N) is 1. The quantitative estimate of drug-likeness (QED) is 0.937. The molecule has 0 aliphatic heterocycles. The van der Waals surface area contributed by atoms with E-state index in [0.717, 1.165) is 17.3 Å². The Hall–Kier alpha value is -1.94. The first-order valence-electron chi connectivity index (χ1n) is 5.71. The summed E-state index contributed by atoms with van der Waals surface area (Å²) < 4.78 is 13.5. The lowest BCUT2D eigenvalue weighted by atomic mass is 10.2. The number of carbonyl (C=O) groups excluding carboxylic acids is 1. The number of benzene rings is 1. The number of pyridine rings is 1. The lowest BCUT2D eigenvalue weighted by Crippen LogP contribution is -2.23. The van der Waals surface area contributed by atoms with E-state index in [-0.39, 0.29) is 10.6 Å². The zero-order valence-electron chi connectivity index (χ0n) is 10.3. The van der Waals surface area contributed by atoms with Crippen LogP contribution in [0.3, 0.4) is 0 Å². The van der Waals surface area contributed by atoms with Gasteiger partial charge in [-0.15, -0.1) is 0 Å². The van der Waals surface area contributed by atoms with Crippen molar-refractivity contribution < 1.29 is 9.18 Å². The van der Waals surface area contributed by atoms with E-state index in [9.17, 15) is 9.18 Å². The third kappa shape index (κ3) is 3.51. The average molecular weight is 279 g/mol. The van der Waals surface area contributed by atoms with Crippen molar-refractivity contribution in [2.24, 2.45) is 0 Å². The first-order valence-corrected chi connectivity index (χ1v) is 6.09. The summed E-state index contributed by atoms with van der Waals surface area (Å²) in [6, 6.07) is 7.67. The maximum atomic E-state index is 13.5. The van der Waals surface area contributed by atoms with Crippen molar-refractivity contribution >= 4 is 17.5 Å². The third-order valence-corrected chi connectivity index (χ3v) is 2.84. The molecule has 0 unspecified atom stereocenters. The largest absolute Gasteiger partial charge is 0.348 e. The molecule has 0 spiro atoms. The molecule has 0 fully saturated rings. The van der Waals surface area contributed by atoms with E-state index >= 15 is 0 Å². The highest BCUT2D eigenvalue weighted by Gasteiger charge is 2.11. The Bertz CT molecular complexity index is 599. The Morgan fingerprint density at radius 2 is 2.16 bits per heavy atom. The number of aromatic nitrogens is 1. The van der Waals surface area contributed by atoms with E-state index in [4.69, 9.17) is 11.6 Å². The Morgan fingerprint density at radius 3 is 2.79 bits per heavy atom. The van der Waals surface area contributed by atoms with Crippen LogP contribution < -0.4 is 5.32 Å². The lowest BCUT2D eigenvalue weighted by Gasteiger charge is -2.06. The maximum Gasteiger partial charge on any atom is 0.254 e. The summed E-state index contributed by atoms with van der Waals surface area (Å²) in [6.45, 7) is 2.18. The molecule has 5 heteroatoms. The summed E-state index contributed by atoms with van der Waals surface area (Å²) in [5.41, 5.74) is 1.73. The summed E-state index contributed by atoms with van der Waals surface area (Å²) in [5.74, 6) is -1.11. The summed E-state index contributed by atoms with van der Waals surface area (Å²) in [7, 11) is 0. The van der Waals surface area contributed by atoms with Crippen molar-refractivity contribution in [2.45, 2.75) is 13.5 Å². The maximum absolute atomic E-state index is 13.5. The number of rotatable bonds is 3. The van der Waals surface area contributed by atoms with E-state index < -0.39 is 11.7 Å². The summed E-state index contributed by atoms with van der Waals surface area (Å²) in [5, 5.41) is 2.89. The minimum Gasteiger partial charge on any atom is -0.348 e. The number of nitrogens with one attached hydrogen (secondary N) is 1. The van der Waals surface area contributed by atoms with Crippen LogP contribution in [0.4, 0.5) is 4.39 Å². The molecule has 0 bridgehead atoms. The van der Waals surface area contributed by atoms with Crippen molar-refractivity contribution in [3.05, 3.63) is 64.2 Å². The van der Waals surface area contributed by atoms with Crippen molar-refractivity contribution in [1.82, 2.24) is 10.3 Å². The van der Waals surface area contributed by atoms with Gasteiger partial charge < -0.3 is 5.32 Å². The molecular weight excluding hydrogens is 267 g/mol. The molecule has 1 amide bonds. The molecular formula is C14H12ClFN2O. The second kappa shape index (κ2) is 5.80. The topological polar surface area (TPSA) is 42.0 Å². The molecule has 98 valence electrons. The van der Waals surface area contributed by atoms with Gasteiger partial charge in [0.2, 0.25) is 0 Å². The SMILES string of the molecule is Cc1ccc(CNC(=O)c2ccc(Cl)cc2F)cn1. The van der Waals surface area contributed by atoms with Crippen LogP contribution in [0.2, 0.25) is 5.02 Å². The van der Waals surface area contributed by atoms with Crippen LogP contribution in [-0.2, 0) is 6.54 Å². The number of hydrogen-bond donors (Lipinski definition) is 1. The highest BCUT2D eigenvalue weighted by atomic mass is 35.5. The number of carbonyl (C=O) groups is 1. The highest BCUT2D eigenvalue weighted by molar-refractivity contribution is 6.30. The third-order valence-electron chi connectivity index (χ3n) is 2.60. The summed E-state index contributed by atoms with van der Waals surface area (Å²) in [6.07, 6.45) is 1.67. The molecule has 0 saturated carbocycles. The van der Waals surface area contributed by atoms with E-state index in [1.54, 1.807) is 6.20 Å². The van der Waals surface area contributed by atoms with Crippen LogP contribution in [-0.4, -0.2) is 10.9 Å². The Morgan fingerprint density at radius 1 is 1.37 bits per heavy atom. The molecule has 19 heavy (non-hydrogen) atoms. The number of halogens is 2. The normalized spacial score (nSPS) is 10.3. The Kier molecular flexibility index (Phi) is 4.12. The van der Waals surface area contributed by atoms with Gasteiger partial charge >= 0.3 is 0 Å². The predicted molar refractivity (Wildman–Crippen MR) is 71.6 cm³/mol. The molecule has 1 heterocycles. The number of aryl methyl sites for hydroxylation is 1. The summed E-state index contributed by atoms with van der Waals surface area (Å²) >= 11 is 5.63. The van der Waals surface area contributed by atoms with Gasteiger partial charge in [0.15, 0.2) is 0 Å². The van der Waals surface area contributed by atoms with Gasteiger partial charge in [0, 0.05) is 23.5 Å².